The van der Waals surface area contributed by atoms with E-state index in [9.17, 15) is 14.4 Å². The van der Waals surface area contributed by atoms with Gasteiger partial charge >= 0.3 is 45.2 Å². The van der Waals surface area contributed by atoms with Crippen molar-refractivity contribution in [2.75, 3.05) is 0 Å². The van der Waals surface area contributed by atoms with Gasteiger partial charge in [0.15, 0.2) is 5.60 Å². The van der Waals surface area contributed by atoms with Crippen LogP contribution < -0.4 is 0 Å². The molecule has 0 bridgehead atoms. The molecule has 0 atom stereocenters. The number of aliphatic carboxylic acids is 4. The molecule has 0 rings (SSSR count). The molecule has 11 heteroatoms. The van der Waals surface area contributed by atoms with Gasteiger partial charge in [0.25, 0.3) is 5.97 Å². The SMILES string of the molecule is CC(=O)O.O=C(O)CC(O)(CC(=O)O)C(=O)O.[PbH2].[U]. The summed E-state index contributed by atoms with van der Waals surface area (Å²) in [5.41, 5.74) is -2.74. The van der Waals surface area contributed by atoms with Crippen molar-refractivity contribution in [2.24, 2.45) is 0 Å². The summed E-state index contributed by atoms with van der Waals surface area (Å²) in [5.74, 6) is -5.85. The fraction of sp³-hybridized carbons (Fsp3) is 0.500. The average molecular weight is 699 g/mol. The third-order valence-corrected chi connectivity index (χ3v) is 1.29. The molecule has 2 radical (unpaired) electrons. The minimum absolute atomic E-state index is 0. The fourth-order valence-corrected chi connectivity index (χ4v) is 0.714. The van der Waals surface area contributed by atoms with E-state index in [0.29, 0.717) is 0 Å². The van der Waals surface area contributed by atoms with Gasteiger partial charge in [-0.15, -0.1) is 0 Å². The predicted molar refractivity (Wildman–Crippen MR) is 58.9 cm³/mol. The number of carboxylic acid groups (broad SMARTS) is 4. The molecule has 0 saturated carbocycles. The minimum atomic E-state index is -2.74. The van der Waals surface area contributed by atoms with Gasteiger partial charge in [0.2, 0.25) is 0 Å². The van der Waals surface area contributed by atoms with Crippen molar-refractivity contribution in [3.05, 3.63) is 0 Å². The van der Waals surface area contributed by atoms with E-state index in [2.05, 4.69) is 0 Å². The summed E-state index contributed by atoms with van der Waals surface area (Å²) < 4.78 is 0. The maximum absolute atomic E-state index is 10.3. The third kappa shape index (κ3) is 17.8. The zero-order valence-electron chi connectivity index (χ0n) is 9.99. The molecule has 0 heterocycles. The molecule has 0 fully saturated rings. The Morgan fingerprint density at radius 2 is 1.11 bits per heavy atom. The normalized spacial score (nSPS) is 8.74. The summed E-state index contributed by atoms with van der Waals surface area (Å²) in [6, 6.07) is 0. The molecule has 0 aromatic heterocycles. The Labute approximate surface area is 151 Å². The van der Waals surface area contributed by atoms with Gasteiger partial charge in [-0.1, -0.05) is 0 Å². The number of rotatable bonds is 5. The Balaban J connectivity index is -0.000000165. The Morgan fingerprint density at radius 1 is 0.895 bits per heavy atom. The van der Waals surface area contributed by atoms with Crippen LogP contribution in [-0.4, -0.2) is 82.3 Å². The topological polar surface area (TPSA) is 169 Å². The Kier molecular flexibility index (Phi) is 18.4. The molecule has 5 N–H and O–H groups in total. The number of carbonyl (C=O) groups is 4. The summed E-state index contributed by atoms with van der Waals surface area (Å²) in [4.78, 5) is 39.5. The van der Waals surface area contributed by atoms with Gasteiger partial charge in [-0.2, -0.15) is 0 Å². The van der Waals surface area contributed by atoms with E-state index in [4.69, 9.17) is 30.3 Å². The number of hydrogen-bond acceptors (Lipinski definition) is 5. The Morgan fingerprint density at radius 3 is 1.21 bits per heavy atom. The van der Waals surface area contributed by atoms with Crippen LogP contribution in [0.1, 0.15) is 19.8 Å². The quantitative estimate of drug-likeness (QED) is 0.203. The molecule has 0 aromatic rings. The van der Waals surface area contributed by atoms with Crippen LogP contribution in [0.4, 0.5) is 0 Å². The summed E-state index contributed by atoms with van der Waals surface area (Å²) in [5, 5.41) is 41.2. The van der Waals surface area contributed by atoms with Crippen LogP contribution >= 0.6 is 0 Å². The smallest absolute Gasteiger partial charge is 0 e. The van der Waals surface area contributed by atoms with E-state index in [0.717, 1.165) is 6.92 Å². The maximum Gasteiger partial charge on any atom is 0 e. The van der Waals surface area contributed by atoms with Gasteiger partial charge in [0, 0.05) is 38.0 Å². The van der Waals surface area contributed by atoms with E-state index >= 15 is 0 Å². The Hall–Kier alpha value is -0.186. The van der Waals surface area contributed by atoms with Crippen LogP contribution in [0, 0.1) is 31.1 Å². The molecular weight excluding hydrogens is 685 g/mol. The van der Waals surface area contributed by atoms with Crippen LogP contribution in [-0.2, 0) is 19.2 Å². The zero-order chi connectivity index (χ0) is 14.2. The third-order valence-electron chi connectivity index (χ3n) is 1.29. The van der Waals surface area contributed by atoms with Crippen molar-refractivity contribution in [1.82, 2.24) is 0 Å². The first-order valence-corrected chi connectivity index (χ1v) is 4.10. The molecule has 0 aliphatic heterocycles. The first-order valence-electron chi connectivity index (χ1n) is 4.10. The molecule has 19 heavy (non-hydrogen) atoms. The van der Waals surface area contributed by atoms with E-state index in [-0.39, 0.29) is 58.4 Å². The molecule has 0 aliphatic carbocycles. The zero-order valence-corrected chi connectivity index (χ0v) is 19.7. The molecule has 0 aliphatic rings. The molecule has 0 amide bonds. The second kappa shape index (κ2) is 12.8. The van der Waals surface area contributed by atoms with Crippen molar-refractivity contribution in [1.29, 1.82) is 0 Å². The maximum atomic E-state index is 10.3. The summed E-state index contributed by atoms with van der Waals surface area (Å²) >= 11 is 0. The molecular formula is C8H14O9PbU. The van der Waals surface area contributed by atoms with Crippen molar-refractivity contribution in [3.63, 3.8) is 0 Å². The second-order valence-electron chi connectivity index (χ2n) is 3.00. The summed E-state index contributed by atoms with van der Waals surface area (Å²) in [6.45, 7) is 1.08. The van der Waals surface area contributed by atoms with Gasteiger partial charge in [-0.05, 0) is 0 Å². The van der Waals surface area contributed by atoms with Gasteiger partial charge in [0.1, 0.15) is 0 Å². The van der Waals surface area contributed by atoms with Gasteiger partial charge in [-0.3, -0.25) is 14.4 Å². The van der Waals surface area contributed by atoms with E-state index in [1.165, 1.54) is 0 Å². The molecule has 0 unspecified atom stereocenters. The van der Waals surface area contributed by atoms with E-state index < -0.39 is 42.3 Å². The van der Waals surface area contributed by atoms with Crippen molar-refractivity contribution in [2.45, 2.75) is 25.4 Å². The number of hydrogen-bond donors (Lipinski definition) is 5. The van der Waals surface area contributed by atoms with Crippen molar-refractivity contribution < 1.29 is 75.8 Å². The molecule has 9 nitrogen and oxygen atoms in total. The van der Waals surface area contributed by atoms with Crippen LogP contribution in [0.5, 0.6) is 0 Å². The molecule has 108 valence electrons. The fourth-order valence-electron chi connectivity index (χ4n) is 0.714. The largest absolute Gasteiger partial charge is 0 e. The first-order chi connectivity index (χ1) is 7.51. The van der Waals surface area contributed by atoms with Gasteiger partial charge in [0.05, 0.1) is 12.8 Å². The molecule has 0 saturated heterocycles. The van der Waals surface area contributed by atoms with Gasteiger partial charge in [-0.25, -0.2) is 4.79 Å². The summed E-state index contributed by atoms with van der Waals surface area (Å²) in [6.07, 6.45) is -2.29. The summed E-state index contributed by atoms with van der Waals surface area (Å²) in [7, 11) is 0. The predicted octanol–water partition coefficient (Wildman–Crippen LogP) is -2.07. The number of aliphatic hydroxyl groups is 1. The number of carboxylic acids is 4. The van der Waals surface area contributed by atoms with Crippen LogP contribution in [0.25, 0.3) is 0 Å². The molecule has 0 aromatic carbocycles. The minimum Gasteiger partial charge on any atom is 0 e. The standard InChI is InChI=1S/C6H8O7.C2H4O2.Pb.U.2H/c7-3(8)1-6(13,5(11)12)2-4(9)10;1-2(3)4;;;;/h13H,1-2H2,(H,7,8)(H,9,10)(H,11,12);1H3,(H,3,4);;;;. The van der Waals surface area contributed by atoms with Gasteiger partial charge < -0.3 is 25.5 Å². The first kappa shape index (κ1) is 27.2. The van der Waals surface area contributed by atoms with E-state index in [1.54, 1.807) is 0 Å². The van der Waals surface area contributed by atoms with Crippen molar-refractivity contribution >= 4 is 51.2 Å². The monoisotopic (exact) mass is 700 g/mol. The van der Waals surface area contributed by atoms with Crippen molar-refractivity contribution in [3.8, 4) is 0 Å². The van der Waals surface area contributed by atoms with E-state index in [1.807, 2.05) is 0 Å². The second-order valence-corrected chi connectivity index (χ2v) is 3.00. The van der Waals surface area contributed by atoms with Crippen LogP contribution in [0.2, 0.25) is 0 Å². The van der Waals surface area contributed by atoms with Crippen LogP contribution in [0.3, 0.4) is 0 Å². The average Bonchev–Trinajstić information content (AvgIpc) is 1.98. The Bertz CT molecular complexity index is 310. The molecule has 0 spiro atoms. The van der Waals surface area contributed by atoms with Crippen LogP contribution in [0.15, 0.2) is 0 Å².